The van der Waals surface area contributed by atoms with Crippen molar-refractivity contribution in [3.8, 4) is 0 Å². The van der Waals surface area contributed by atoms with E-state index in [1.165, 1.54) is 38.5 Å². The van der Waals surface area contributed by atoms with Gasteiger partial charge in [0.25, 0.3) is 0 Å². The van der Waals surface area contributed by atoms with Crippen molar-refractivity contribution in [1.82, 2.24) is 0 Å². The molecule has 8 unspecified atom stereocenters. The van der Waals surface area contributed by atoms with Gasteiger partial charge in [0.05, 0.1) is 29.8 Å². The number of rotatable bonds is 4. The zero-order valence-corrected chi connectivity index (χ0v) is 23.8. The van der Waals surface area contributed by atoms with Crippen LogP contribution in [-0.4, -0.2) is 46.2 Å². The summed E-state index contributed by atoms with van der Waals surface area (Å²) in [4.78, 5) is 12.6. The molecule has 1 aliphatic heterocycles. The minimum absolute atomic E-state index is 0. The molecular weight excluding hydrogens is 464 g/mol. The molecule has 0 aromatic carbocycles. The second-order valence-electron chi connectivity index (χ2n) is 16.1. The Hall–Kier alpha value is -0.650. The van der Waals surface area contributed by atoms with Gasteiger partial charge in [0.15, 0.2) is 6.10 Å². The van der Waals surface area contributed by atoms with Gasteiger partial charge in [-0.15, -0.1) is 0 Å². The van der Waals surface area contributed by atoms with Gasteiger partial charge in [-0.2, -0.15) is 0 Å². The topological polar surface area (TPSA) is 76.0 Å². The highest BCUT2D eigenvalue weighted by Gasteiger charge is 2.80. The van der Waals surface area contributed by atoms with Crippen LogP contribution in [0.15, 0.2) is 0 Å². The lowest BCUT2D eigenvalue weighted by atomic mass is 9.46. The molecule has 7 aliphatic rings. The van der Waals surface area contributed by atoms with Crippen molar-refractivity contribution in [2.75, 3.05) is 0 Å². The van der Waals surface area contributed by atoms with Gasteiger partial charge in [-0.1, -0.05) is 20.8 Å². The molecule has 2 spiro atoms. The van der Waals surface area contributed by atoms with E-state index in [1.54, 1.807) is 13.8 Å². The minimum Gasteiger partial charge on any atom is -0.456 e. The molecule has 6 saturated carbocycles. The number of ether oxygens (including phenoxy) is 2. The summed E-state index contributed by atoms with van der Waals surface area (Å²) in [5.41, 5.74) is 0.233. The molecule has 0 aromatic heterocycles. The quantitative estimate of drug-likeness (QED) is 0.456. The Morgan fingerprint density at radius 1 is 0.946 bits per heavy atom. The fourth-order valence-corrected chi connectivity index (χ4v) is 11.7. The van der Waals surface area contributed by atoms with E-state index in [1.807, 2.05) is 0 Å². The molecule has 6 aliphatic carbocycles. The summed E-state index contributed by atoms with van der Waals surface area (Å²) >= 11 is 0. The molecule has 5 nitrogen and oxygen atoms in total. The maximum atomic E-state index is 12.6. The number of hydrogen-bond donors (Lipinski definition) is 2. The third-order valence-corrected chi connectivity index (χ3v) is 13.8. The Morgan fingerprint density at radius 2 is 1.68 bits per heavy atom. The van der Waals surface area contributed by atoms with Gasteiger partial charge >= 0.3 is 5.97 Å². The van der Waals surface area contributed by atoms with E-state index in [9.17, 15) is 15.0 Å². The lowest BCUT2D eigenvalue weighted by molar-refractivity contribution is -0.202. The van der Waals surface area contributed by atoms with E-state index in [-0.39, 0.29) is 37.0 Å². The standard InChI is InChI=1S/C32H50O5.H2/c1-28(2)24-11-9-19-21-16-23-20(30(21,5)14-15-31(19)17-32(24,31)13-12-25(28)33)8-10-22(36-23)26(29(3,4)35)37-27(34)18-6-7-18;/h18-26,33,35H,6-17H2,1-5H3;1H/t19?,20?,21?,22?,23?,24?,25-,26-,30?,31?,32+;/m0./s1. The van der Waals surface area contributed by atoms with Crippen molar-refractivity contribution in [2.45, 2.75) is 142 Å². The molecule has 0 radical (unpaired) electrons. The van der Waals surface area contributed by atoms with Crippen LogP contribution < -0.4 is 0 Å². The fraction of sp³-hybridized carbons (Fsp3) is 0.969. The van der Waals surface area contributed by atoms with Crippen LogP contribution in [-0.2, 0) is 14.3 Å². The van der Waals surface area contributed by atoms with Crippen molar-refractivity contribution < 1.29 is 25.9 Å². The van der Waals surface area contributed by atoms with Crippen LogP contribution in [0.1, 0.15) is 113 Å². The smallest absolute Gasteiger partial charge is 0.309 e. The highest BCUT2D eigenvalue weighted by atomic mass is 16.6. The molecule has 210 valence electrons. The first-order chi connectivity index (χ1) is 17.3. The van der Waals surface area contributed by atoms with Crippen molar-refractivity contribution >= 4 is 5.97 Å². The molecule has 11 atom stereocenters. The van der Waals surface area contributed by atoms with Crippen LogP contribution in [0, 0.1) is 51.2 Å². The van der Waals surface area contributed by atoms with Crippen LogP contribution >= 0.6 is 0 Å². The summed E-state index contributed by atoms with van der Waals surface area (Å²) in [6.45, 7) is 10.8. The van der Waals surface area contributed by atoms with Crippen LogP contribution in [0.2, 0.25) is 0 Å². The van der Waals surface area contributed by atoms with Crippen molar-refractivity contribution in [3.05, 3.63) is 0 Å². The summed E-state index contributed by atoms with van der Waals surface area (Å²) in [5, 5.41) is 21.9. The Labute approximate surface area is 224 Å². The van der Waals surface area contributed by atoms with Gasteiger partial charge in [0.2, 0.25) is 0 Å². The first kappa shape index (κ1) is 25.3. The number of carbonyl (C=O) groups excluding carboxylic acids is 1. The van der Waals surface area contributed by atoms with Gasteiger partial charge < -0.3 is 19.7 Å². The Balaban J connectivity index is 0.00000264. The van der Waals surface area contributed by atoms with Crippen LogP contribution in [0.3, 0.4) is 0 Å². The molecule has 1 saturated heterocycles. The van der Waals surface area contributed by atoms with Crippen molar-refractivity contribution in [3.63, 3.8) is 0 Å². The highest BCUT2D eigenvalue weighted by molar-refractivity contribution is 5.75. The number of esters is 1. The second kappa shape index (κ2) is 7.75. The molecule has 37 heavy (non-hydrogen) atoms. The molecule has 0 amide bonds. The fourth-order valence-electron chi connectivity index (χ4n) is 11.7. The number of carbonyl (C=O) groups is 1. The highest BCUT2D eigenvalue weighted by Crippen LogP contribution is 2.87. The van der Waals surface area contributed by atoms with E-state index in [2.05, 4.69) is 20.8 Å². The molecule has 0 bridgehead atoms. The summed E-state index contributed by atoms with van der Waals surface area (Å²) in [6, 6.07) is 0. The molecule has 5 heteroatoms. The normalized spacial score (nSPS) is 52.6. The van der Waals surface area contributed by atoms with Crippen LogP contribution in [0.25, 0.3) is 0 Å². The molecular formula is C32H52O5. The lowest BCUT2D eigenvalue weighted by Gasteiger charge is -2.59. The third-order valence-electron chi connectivity index (χ3n) is 13.8. The first-order valence-corrected chi connectivity index (χ1v) is 15.6. The maximum absolute atomic E-state index is 12.6. The van der Waals surface area contributed by atoms with Crippen LogP contribution in [0.4, 0.5) is 0 Å². The maximum Gasteiger partial charge on any atom is 0.309 e. The Kier molecular flexibility index (Phi) is 5.31. The van der Waals surface area contributed by atoms with Crippen molar-refractivity contribution in [2.24, 2.45) is 51.2 Å². The SMILES string of the molecule is CC12CCC34C[C@@]35CC[C@H](O)C(C)(C)C5CCC4C1CC1OC([C@H](OC(=O)C3CC3)C(C)(C)O)CCC12.[HH]. The molecule has 1 heterocycles. The van der Waals surface area contributed by atoms with Crippen LogP contribution in [0.5, 0.6) is 0 Å². The minimum atomic E-state index is -1.11. The average Bonchev–Trinajstić information content (AvgIpc) is 3.74. The molecule has 7 fully saturated rings. The number of aliphatic hydroxyl groups is 2. The number of fused-ring (bicyclic) bond motifs is 4. The van der Waals surface area contributed by atoms with E-state index in [0.717, 1.165) is 44.4 Å². The molecule has 0 aromatic rings. The summed E-state index contributed by atoms with van der Waals surface area (Å²) in [6.07, 6.45) is 13.1. The van der Waals surface area contributed by atoms with Crippen molar-refractivity contribution in [1.29, 1.82) is 0 Å². The van der Waals surface area contributed by atoms with E-state index < -0.39 is 11.7 Å². The van der Waals surface area contributed by atoms with Gasteiger partial charge in [0.1, 0.15) is 0 Å². The summed E-state index contributed by atoms with van der Waals surface area (Å²) in [5.74, 6) is 2.62. The zero-order chi connectivity index (χ0) is 26.2. The van der Waals surface area contributed by atoms with E-state index >= 15 is 0 Å². The number of hydrogen-bond acceptors (Lipinski definition) is 5. The lowest BCUT2D eigenvalue weighted by Crippen LogP contribution is -2.54. The van der Waals surface area contributed by atoms with E-state index in [0.29, 0.717) is 34.0 Å². The van der Waals surface area contributed by atoms with Gasteiger partial charge in [-0.3, -0.25) is 4.79 Å². The van der Waals surface area contributed by atoms with Gasteiger partial charge in [0, 0.05) is 1.43 Å². The molecule has 2 N–H and O–H groups in total. The van der Waals surface area contributed by atoms with E-state index in [4.69, 9.17) is 9.47 Å². The average molecular weight is 517 g/mol. The monoisotopic (exact) mass is 516 g/mol. The predicted molar refractivity (Wildman–Crippen MR) is 143 cm³/mol. The molecule has 7 rings (SSSR count). The van der Waals surface area contributed by atoms with Gasteiger partial charge in [-0.05, 0) is 136 Å². The largest absolute Gasteiger partial charge is 0.456 e. The Bertz CT molecular complexity index is 971. The predicted octanol–water partition coefficient (Wildman–Crippen LogP) is 5.89. The summed E-state index contributed by atoms with van der Waals surface area (Å²) < 4.78 is 12.8. The Morgan fingerprint density at radius 3 is 2.38 bits per heavy atom. The summed E-state index contributed by atoms with van der Waals surface area (Å²) in [7, 11) is 0. The second-order valence-corrected chi connectivity index (χ2v) is 16.1. The first-order valence-electron chi connectivity index (χ1n) is 15.6. The third kappa shape index (κ3) is 3.35. The number of aliphatic hydroxyl groups excluding tert-OH is 1. The van der Waals surface area contributed by atoms with Gasteiger partial charge in [-0.25, -0.2) is 0 Å². The zero-order valence-electron chi connectivity index (χ0n) is 23.8.